The average Bonchev–Trinajstić information content (AvgIpc) is 3.33. The predicted molar refractivity (Wildman–Crippen MR) is 138 cm³/mol. The molecule has 0 fully saturated rings. The Kier molecular flexibility index (Phi) is 7.87. The van der Waals surface area contributed by atoms with E-state index in [9.17, 15) is 22.4 Å². The third-order valence-electron chi connectivity index (χ3n) is 5.65. The average molecular weight is 542 g/mol. The number of likely N-dealkylation sites (N-methyl/N-ethyl adjacent to an activating group) is 1. The van der Waals surface area contributed by atoms with Crippen molar-refractivity contribution in [3.8, 4) is 34.0 Å². The number of esters is 1. The molecule has 39 heavy (non-hydrogen) atoms. The second kappa shape index (κ2) is 11.0. The van der Waals surface area contributed by atoms with Crippen LogP contribution in [-0.4, -0.2) is 40.2 Å². The van der Waals surface area contributed by atoms with Crippen LogP contribution in [0.15, 0.2) is 71.3 Å². The van der Waals surface area contributed by atoms with Gasteiger partial charge >= 0.3 is 12.1 Å². The number of hydrogen-bond acceptors (Lipinski definition) is 6. The van der Waals surface area contributed by atoms with Gasteiger partial charge in [0.15, 0.2) is 0 Å². The number of alkyl halides is 3. The number of hydrogen-bond donors (Lipinski definition) is 0. The quantitative estimate of drug-likeness (QED) is 0.185. The molecule has 0 N–H and O–H groups in total. The van der Waals surface area contributed by atoms with Crippen molar-refractivity contribution in [3.05, 3.63) is 83.7 Å². The van der Waals surface area contributed by atoms with E-state index in [0.717, 1.165) is 17.7 Å². The Labute approximate surface area is 223 Å². The van der Waals surface area contributed by atoms with Crippen LogP contribution in [0.1, 0.15) is 31.9 Å². The summed E-state index contributed by atoms with van der Waals surface area (Å²) in [5.74, 6) is -0.978. The molecular weight excluding hydrogens is 514 g/mol. The highest BCUT2D eigenvalue weighted by atomic mass is 19.4. The molecule has 0 saturated carbocycles. The van der Waals surface area contributed by atoms with Gasteiger partial charge < -0.3 is 9.26 Å². The number of halogens is 4. The second-order valence-corrected chi connectivity index (χ2v) is 10.1. The van der Waals surface area contributed by atoms with Crippen LogP contribution in [0.2, 0.25) is 0 Å². The molecule has 0 saturated heterocycles. The summed E-state index contributed by atoms with van der Waals surface area (Å²) in [7, 11) is 1.80. The van der Waals surface area contributed by atoms with Crippen molar-refractivity contribution >= 4 is 5.97 Å². The lowest BCUT2D eigenvalue weighted by Crippen LogP contribution is -2.32. The summed E-state index contributed by atoms with van der Waals surface area (Å²) in [4.78, 5) is 18.1. The van der Waals surface area contributed by atoms with E-state index in [2.05, 4.69) is 10.1 Å². The van der Waals surface area contributed by atoms with Crippen LogP contribution in [0.5, 0.6) is 0 Å². The SMILES string of the molecule is CN(CC(=O)OC(C)(C)C)Cc1ccc(-c2noc(-c3ccc(-c4ccccc4F)c(C(F)(F)F)c3)n2)cc1. The van der Waals surface area contributed by atoms with E-state index in [4.69, 9.17) is 9.26 Å². The monoisotopic (exact) mass is 541 g/mol. The van der Waals surface area contributed by atoms with Crippen molar-refractivity contribution in [2.75, 3.05) is 13.6 Å². The highest BCUT2D eigenvalue weighted by molar-refractivity contribution is 5.73. The van der Waals surface area contributed by atoms with Gasteiger partial charge in [-0.1, -0.05) is 53.7 Å². The van der Waals surface area contributed by atoms with Crippen LogP contribution >= 0.6 is 0 Å². The van der Waals surface area contributed by atoms with Crippen molar-refractivity contribution in [2.24, 2.45) is 0 Å². The van der Waals surface area contributed by atoms with Crippen LogP contribution in [0.4, 0.5) is 17.6 Å². The maximum absolute atomic E-state index is 14.2. The minimum Gasteiger partial charge on any atom is -0.459 e. The molecule has 204 valence electrons. The molecule has 1 heterocycles. The summed E-state index contributed by atoms with van der Waals surface area (Å²) in [6.07, 6.45) is -4.73. The molecule has 0 spiro atoms. The Balaban J connectivity index is 1.51. The fourth-order valence-corrected chi connectivity index (χ4v) is 4.01. The number of carbonyl (C=O) groups excluding carboxylic acids is 1. The summed E-state index contributed by atoms with van der Waals surface area (Å²) in [5, 5.41) is 3.91. The highest BCUT2D eigenvalue weighted by Crippen LogP contribution is 2.40. The fourth-order valence-electron chi connectivity index (χ4n) is 4.01. The normalized spacial score (nSPS) is 12.1. The Morgan fingerprint density at radius 1 is 0.949 bits per heavy atom. The molecular formula is C29H27F4N3O3. The van der Waals surface area contributed by atoms with Crippen LogP contribution in [0.3, 0.4) is 0 Å². The van der Waals surface area contributed by atoms with Gasteiger partial charge in [-0.2, -0.15) is 18.2 Å². The minimum absolute atomic E-state index is 0.0570. The summed E-state index contributed by atoms with van der Waals surface area (Å²) < 4.78 is 66.5. The van der Waals surface area contributed by atoms with Gasteiger partial charge in [0, 0.05) is 23.2 Å². The molecule has 0 atom stereocenters. The van der Waals surface area contributed by atoms with Gasteiger partial charge in [0.2, 0.25) is 5.82 Å². The van der Waals surface area contributed by atoms with Crippen molar-refractivity contribution < 1.29 is 31.6 Å². The van der Waals surface area contributed by atoms with Gasteiger partial charge in [-0.25, -0.2) is 4.39 Å². The second-order valence-electron chi connectivity index (χ2n) is 10.1. The van der Waals surface area contributed by atoms with E-state index < -0.39 is 23.2 Å². The molecule has 0 aliphatic rings. The molecule has 0 aliphatic carbocycles. The number of carbonyl (C=O) groups is 1. The van der Waals surface area contributed by atoms with Crippen LogP contribution < -0.4 is 0 Å². The van der Waals surface area contributed by atoms with Gasteiger partial charge in [0.25, 0.3) is 5.89 Å². The first-order chi connectivity index (χ1) is 18.3. The molecule has 0 amide bonds. The van der Waals surface area contributed by atoms with E-state index in [1.54, 1.807) is 19.2 Å². The van der Waals surface area contributed by atoms with Gasteiger partial charge in [-0.05, 0) is 57.1 Å². The number of ether oxygens (including phenoxy) is 1. The molecule has 4 rings (SSSR count). The molecule has 4 aromatic rings. The van der Waals surface area contributed by atoms with Crippen LogP contribution in [-0.2, 0) is 22.3 Å². The molecule has 3 aromatic carbocycles. The fraction of sp³-hybridized carbons (Fsp3) is 0.276. The topological polar surface area (TPSA) is 68.5 Å². The maximum atomic E-state index is 14.2. The number of benzene rings is 3. The highest BCUT2D eigenvalue weighted by Gasteiger charge is 2.35. The predicted octanol–water partition coefficient (Wildman–Crippen LogP) is 7.00. The van der Waals surface area contributed by atoms with Gasteiger partial charge in [-0.3, -0.25) is 9.69 Å². The van der Waals surface area contributed by atoms with E-state index in [0.29, 0.717) is 12.1 Å². The lowest BCUT2D eigenvalue weighted by molar-refractivity contribution is -0.155. The van der Waals surface area contributed by atoms with E-state index in [1.807, 2.05) is 37.8 Å². The number of nitrogens with zero attached hydrogens (tertiary/aromatic N) is 3. The standard InChI is InChI=1S/C29H27F4N3O3/c1-28(2,3)38-25(37)17-36(4)16-18-9-11-19(12-10-18)26-34-27(39-35-26)20-13-14-21(23(15-20)29(31,32)33)22-7-5-6-8-24(22)30/h5-15H,16-17H2,1-4H3. The van der Waals surface area contributed by atoms with Crippen molar-refractivity contribution in [2.45, 2.75) is 39.1 Å². The molecule has 0 radical (unpaired) electrons. The van der Waals surface area contributed by atoms with E-state index >= 15 is 0 Å². The molecule has 10 heteroatoms. The Morgan fingerprint density at radius 3 is 2.26 bits per heavy atom. The summed E-state index contributed by atoms with van der Waals surface area (Å²) in [6, 6.07) is 15.9. The summed E-state index contributed by atoms with van der Waals surface area (Å²) >= 11 is 0. The zero-order chi connectivity index (χ0) is 28.4. The third kappa shape index (κ3) is 7.08. The third-order valence-corrected chi connectivity index (χ3v) is 5.65. The zero-order valence-electron chi connectivity index (χ0n) is 21.8. The largest absolute Gasteiger partial charge is 0.459 e. The first kappa shape index (κ1) is 28.0. The molecule has 0 bridgehead atoms. The molecule has 6 nitrogen and oxygen atoms in total. The number of rotatable bonds is 7. The van der Waals surface area contributed by atoms with Gasteiger partial charge in [-0.15, -0.1) is 0 Å². The Hall–Kier alpha value is -4.05. The van der Waals surface area contributed by atoms with E-state index in [-0.39, 0.29) is 40.9 Å². The lowest BCUT2D eigenvalue weighted by atomic mass is 9.96. The molecule has 0 unspecified atom stereocenters. The first-order valence-corrected chi connectivity index (χ1v) is 12.1. The van der Waals surface area contributed by atoms with Crippen LogP contribution in [0, 0.1) is 5.82 Å². The van der Waals surface area contributed by atoms with Gasteiger partial charge in [0.05, 0.1) is 12.1 Å². The number of aromatic nitrogens is 2. The summed E-state index contributed by atoms with van der Waals surface area (Å²) in [5.41, 5.74) is -0.421. The zero-order valence-corrected chi connectivity index (χ0v) is 21.8. The van der Waals surface area contributed by atoms with Crippen molar-refractivity contribution in [1.29, 1.82) is 0 Å². The Morgan fingerprint density at radius 2 is 1.62 bits per heavy atom. The van der Waals surface area contributed by atoms with Gasteiger partial charge in [0.1, 0.15) is 11.4 Å². The smallest absolute Gasteiger partial charge is 0.417 e. The maximum Gasteiger partial charge on any atom is 0.417 e. The lowest BCUT2D eigenvalue weighted by Gasteiger charge is -2.22. The van der Waals surface area contributed by atoms with E-state index in [1.165, 1.54) is 30.3 Å². The molecule has 1 aromatic heterocycles. The molecule has 0 aliphatic heterocycles. The summed E-state index contributed by atoms with van der Waals surface area (Å²) in [6.45, 7) is 6.05. The van der Waals surface area contributed by atoms with Crippen molar-refractivity contribution in [3.63, 3.8) is 0 Å². The first-order valence-electron chi connectivity index (χ1n) is 12.1. The Bertz CT molecular complexity index is 1460. The minimum atomic E-state index is -4.73. The van der Waals surface area contributed by atoms with Crippen LogP contribution in [0.25, 0.3) is 34.0 Å². The van der Waals surface area contributed by atoms with Crippen molar-refractivity contribution in [1.82, 2.24) is 15.0 Å².